The molecule has 1 aliphatic heterocycles. The van der Waals surface area contributed by atoms with Gasteiger partial charge in [0, 0.05) is 37.3 Å². The summed E-state index contributed by atoms with van der Waals surface area (Å²) in [6, 6.07) is 10.4. The van der Waals surface area contributed by atoms with E-state index < -0.39 is 20.9 Å². The first-order valence-electron chi connectivity index (χ1n) is 8.50. The van der Waals surface area contributed by atoms with Crippen molar-refractivity contribution < 1.29 is 18.1 Å². The fourth-order valence-electron chi connectivity index (χ4n) is 3.00. The third kappa shape index (κ3) is 4.01. The summed E-state index contributed by atoms with van der Waals surface area (Å²) in [7, 11) is -3.65. The lowest BCUT2D eigenvalue weighted by atomic mass is 10.1. The minimum atomic E-state index is -3.65. The van der Waals surface area contributed by atoms with E-state index in [0.29, 0.717) is 0 Å². The number of carbonyl (C=O) groups excluding carboxylic acids is 1. The van der Waals surface area contributed by atoms with Gasteiger partial charge in [-0.05, 0) is 31.2 Å². The molecule has 2 aromatic carbocycles. The molecule has 28 heavy (non-hydrogen) atoms. The van der Waals surface area contributed by atoms with Crippen LogP contribution in [0.2, 0.25) is 5.02 Å². The molecule has 8 nitrogen and oxygen atoms in total. The van der Waals surface area contributed by atoms with E-state index in [1.807, 2.05) is 6.92 Å². The molecule has 1 aliphatic rings. The highest BCUT2D eigenvalue weighted by atomic mass is 35.5. The topological polar surface area (TPSA) is 101 Å². The zero-order valence-electron chi connectivity index (χ0n) is 15.0. The molecule has 148 valence electrons. The predicted molar refractivity (Wildman–Crippen MR) is 104 cm³/mol. The van der Waals surface area contributed by atoms with Crippen LogP contribution in [0.4, 0.5) is 5.69 Å². The Kier molecular flexibility index (Phi) is 5.69. The van der Waals surface area contributed by atoms with Gasteiger partial charge in [0.2, 0.25) is 10.0 Å². The van der Waals surface area contributed by atoms with Gasteiger partial charge < -0.3 is 4.90 Å². The van der Waals surface area contributed by atoms with Gasteiger partial charge in [-0.1, -0.05) is 29.3 Å². The van der Waals surface area contributed by atoms with Crippen LogP contribution in [-0.2, 0) is 10.0 Å². The molecule has 1 heterocycles. The van der Waals surface area contributed by atoms with Crippen LogP contribution in [0.1, 0.15) is 15.9 Å². The third-order valence-corrected chi connectivity index (χ3v) is 6.72. The molecule has 0 aromatic heterocycles. The van der Waals surface area contributed by atoms with Crippen molar-refractivity contribution in [1.29, 1.82) is 0 Å². The van der Waals surface area contributed by atoms with Gasteiger partial charge >= 0.3 is 0 Å². The summed E-state index contributed by atoms with van der Waals surface area (Å²) in [5, 5.41) is 11.4. The molecule has 0 N–H and O–H groups in total. The minimum absolute atomic E-state index is 0.0655. The molecule has 0 bridgehead atoms. The van der Waals surface area contributed by atoms with E-state index in [1.165, 1.54) is 21.3 Å². The maximum Gasteiger partial charge on any atom is 0.283 e. The molecule has 0 atom stereocenters. The number of nitro benzene ring substituents is 1. The smallest absolute Gasteiger partial charge is 0.283 e. The van der Waals surface area contributed by atoms with Crippen LogP contribution in [-0.4, -0.2) is 54.6 Å². The van der Waals surface area contributed by atoms with Gasteiger partial charge in [-0.3, -0.25) is 14.9 Å². The van der Waals surface area contributed by atoms with Crippen molar-refractivity contribution in [1.82, 2.24) is 9.21 Å². The SMILES string of the molecule is Cc1ccc(S(=O)(=O)N2CCN(C(=O)c3ccc(Cl)cc3[N+](=O)[O-])CC2)cc1. The molecule has 10 heteroatoms. The van der Waals surface area contributed by atoms with Gasteiger partial charge in [0.25, 0.3) is 11.6 Å². The average molecular weight is 424 g/mol. The highest BCUT2D eigenvalue weighted by molar-refractivity contribution is 7.89. The lowest BCUT2D eigenvalue weighted by Crippen LogP contribution is -2.50. The van der Waals surface area contributed by atoms with Crippen LogP contribution in [0.5, 0.6) is 0 Å². The molecule has 1 fully saturated rings. The molecule has 1 saturated heterocycles. The van der Waals surface area contributed by atoms with E-state index in [4.69, 9.17) is 11.6 Å². The van der Waals surface area contributed by atoms with Gasteiger partial charge in [0.1, 0.15) is 5.56 Å². The lowest BCUT2D eigenvalue weighted by Gasteiger charge is -2.34. The number of rotatable bonds is 4. The predicted octanol–water partition coefficient (Wildman–Crippen LogP) is 2.70. The summed E-state index contributed by atoms with van der Waals surface area (Å²) in [5.41, 5.74) is 0.523. The zero-order valence-corrected chi connectivity index (χ0v) is 16.6. The molecule has 0 unspecified atom stereocenters. The van der Waals surface area contributed by atoms with Crippen molar-refractivity contribution in [2.75, 3.05) is 26.2 Å². The number of sulfonamides is 1. The highest BCUT2D eigenvalue weighted by Crippen LogP contribution is 2.25. The Morgan fingerprint density at radius 3 is 2.25 bits per heavy atom. The van der Waals surface area contributed by atoms with Crippen molar-refractivity contribution in [3.63, 3.8) is 0 Å². The number of aryl methyl sites for hydroxylation is 1. The van der Waals surface area contributed by atoms with E-state index in [0.717, 1.165) is 11.6 Å². The van der Waals surface area contributed by atoms with Crippen molar-refractivity contribution >= 4 is 33.2 Å². The Hall–Kier alpha value is -2.49. The number of piperazine rings is 1. The van der Waals surface area contributed by atoms with Gasteiger partial charge in [-0.15, -0.1) is 0 Å². The number of hydrogen-bond donors (Lipinski definition) is 0. The molecule has 0 saturated carbocycles. The molecular weight excluding hydrogens is 406 g/mol. The first-order valence-corrected chi connectivity index (χ1v) is 10.3. The lowest BCUT2D eigenvalue weighted by molar-refractivity contribution is -0.385. The summed E-state index contributed by atoms with van der Waals surface area (Å²) in [6.07, 6.45) is 0. The fraction of sp³-hybridized carbons (Fsp3) is 0.278. The van der Waals surface area contributed by atoms with Crippen LogP contribution in [0.15, 0.2) is 47.4 Å². The summed E-state index contributed by atoms with van der Waals surface area (Å²) < 4.78 is 26.8. The molecule has 3 rings (SSSR count). The van der Waals surface area contributed by atoms with Crippen LogP contribution in [0.25, 0.3) is 0 Å². The van der Waals surface area contributed by atoms with E-state index in [-0.39, 0.29) is 47.3 Å². The Bertz CT molecular complexity index is 1020. The average Bonchev–Trinajstić information content (AvgIpc) is 2.68. The van der Waals surface area contributed by atoms with Crippen LogP contribution >= 0.6 is 11.6 Å². The number of amides is 1. The number of benzene rings is 2. The van der Waals surface area contributed by atoms with E-state index in [9.17, 15) is 23.3 Å². The summed E-state index contributed by atoms with van der Waals surface area (Å²) in [6.45, 7) is 2.39. The zero-order chi connectivity index (χ0) is 20.5. The van der Waals surface area contributed by atoms with Crippen LogP contribution < -0.4 is 0 Å². The molecular formula is C18H18ClN3O5S. The van der Waals surface area contributed by atoms with E-state index in [2.05, 4.69) is 0 Å². The second-order valence-electron chi connectivity index (χ2n) is 6.43. The minimum Gasteiger partial charge on any atom is -0.336 e. The Balaban J connectivity index is 1.74. The van der Waals surface area contributed by atoms with Crippen molar-refractivity contribution in [3.8, 4) is 0 Å². The van der Waals surface area contributed by atoms with Gasteiger partial charge in [-0.2, -0.15) is 4.31 Å². The summed E-state index contributed by atoms with van der Waals surface area (Å²) >= 11 is 5.79. The number of carbonyl (C=O) groups is 1. The van der Waals surface area contributed by atoms with Gasteiger partial charge in [0.15, 0.2) is 0 Å². The third-order valence-electron chi connectivity index (χ3n) is 4.57. The second-order valence-corrected chi connectivity index (χ2v) is 8.80. The molecule has 1 amide bonds. The fourth-order valence-corrected chi connectivity index (χ4v) is 4.59. The van der Waals surface area contributed by atoms with Gasteiger partial charge in [-0.25, -0.2) is 8.42 Å². The number of nitro groups is 1. The van der Waals surface area contributed by atoms with Crippen LogP contribution in [0.3, 0.4) is 0 Å². The number of hydrogen-bond acceptors (Lipinski definition) is 5. The summed E-state index contributed by atoms with van der Waals surface area (Å²) in [4.78, 5) is 24.9. The molecule has 0 spiro atoms. The van der Waals surface area contributed by atoms with Crippen LogP contribution in [0, 0.1) is 17.0 Å². The first-order chi connectivity index (χ1) is 13.2. The first kappa shape index (κ1) is 20.2. The van der Waals surface area contributed by atoms with E-state index >= 15 is 0 Å². The molecule has 2 aromatic rings. The summed E-state index contributed by atoms with van der Waals surface area (Å²) in [5.74, 6) is -0.518. The normalized spacial score (nSPS) is 15.4. The maximum absolute atomic E-state index is 12.7. The maximum atomic E-state index is 12.7. The number of nitrogens with zero attached hydrogens (tertiary/aromatic N) is 3. The van der Waals surface area contributed by atoms with Crippen molar-refractivity contribution in [2.45, 2.75) is 11.8 Å². The highest BCUT2D eigenvalue weighted by Gasteiger charge is 2.32. The standard InChI is InChI=1S/C18H18ClN3O5S/c1-13-2-5-15(6-3-13)28(26,27)21-10-8-20(9-11-21)18(23)16-7-4-14(19)12-17(16)22(24)25/h2-7,12H,8-11H2,1H3. The molecule has 0 radical (unpaired) electrons. The largest absolute Gasteiger partial charge is 0.336 e. The Morgan fingerprint density at radius 2 is 1.68 bits per heavy atom. The van der Waals surface area contributed by atoms with Crippen molar-refractivity contribution in [2.24, 2.45) is 0 Å². The van der Waals surface area contributed by atoms with E-state index in [1.54, 1.807) is 24.3 Å². The second kappa shape index (κ2) is 7.86. The Labute approximate surface area is 167 Å². The monoisotopic (exact) mass is 423 g/mol. The van der Waals surface area contributed by atoms with Crippen molar-refractivity contribution in [3.05, 3.63) is 68.7 Å². The van der Waals surface area contributed by atoms with Gasteiger partial charge in [0.05, 0.1) is 9.82 Å². The quantitative estimate of drug-likeness (QED) is 0.555. The molecule has 0 aliphatic carbocycles. The number of halogens is 1. The Morgan fingerprint density at radius 1 is 1.07 bits per heavy atom.